The summed E-state index contributed by atoms with van der Waals surface area (Å²) in [4.78, 5) is 16.5. The zero-order valence-corrected chi connectivity index (χ0v) is 24.7. The van der Waals surface area contributed by atoms with E-state index in [-0.39, 0.29) is 37.1 Å². The van der Waals surface area contributed by atoms with Crippen LogP contribution in [0.25, 0.3) is 42.7 Å². The number of para-hydroxylation sites is 1. The Labute approximate surface area is 235 Å². The molecule has 0 saturated carbocycles. The van der Waals surface area contributed by atoms with E-state index in [1.165, 1.54) is 62.5 Å². The largest absolute Gasteiger partial charge is 0.512 e. The maximum Gasteiger partial charge on any atom is 0.155 e. The molecule has 0 unspecified atom stereocenters. The molecular formula is C32H28IrNO2S-. The first-order chi connectivity index (χ1) is 17.2. The molecule has 0 atom stereocenters. The Bertz CT molecular complexity index is 1680. The number of aliphatic hydroxyl groups excluding tert-OH is 1. The fraction of sp³-hybridized carbons (Fsp3) is 0.188. The molecule has 0 aliphatic heterocycles. The van der Waals surface area contributed by atoms with Crippen LogP contribution in [0.3, 0.4) is 0 Å². The Kier molecular flexibility index (Phi) is 7.52. The van der Waals surface area contributed by atoms with E-state index < -0.39 is 0 Å². The average Bonchev–Trinajstić information content (AvgIpc) is 3.33. The van der Waals surface area contributed by atoms with Crippen LogP contribution >= 0.6 is 11.3 Å². The number of ketones is 1. The summed E-state index contributed by atoms with van der Waals surface area (Å²) in [7, 11) is 0. The molecule has 0 spiro atoms. The van der Waals surface area contributed by atoms with Gasteiger partial charge in [-0.15, -0.1) is 40.7 Å². The van der Waals surface area contributed by atoms with Crippen LogP contribution in [0.15, 0.2) is 78.6 Å². The van der Waals surface area contributed by atoms with Crippen LogP contribution in [-0.2, 0) is 30.3 Å². The SMILES string of the molecule is CC(=O)/C=C(/C)O.Cc1cc(-c2[c-]ccc3c2C(C)(C)c2c-3sc3ccccc23)nc2ccccc12.[Ir]. The topological polar surface area (TPSA) is 50.2 Å². The number of pyridine rings is 1. The van der Waals surface area contributed by atoms with Crippen molar-refractivity contribution in [1.29, 1.82) is 0 Å². The molecule has 2 heterocycles. The number of carbonyl (C=O) groups is 1. The zero-order chi connectivity index (χ0) is 25.6. The monoisotopic (exact) mass is 683 g/mol. The van der Waals surface area contributed by atoms with Crippen molar-refractivity contribution in [2.24, 2.45) is 0 Å². The smallest absolute Gasteiger partial charge is 0.155 e. The fourth-order valence-corrected chi connectivity index (χ4v) is 6.69. The molecule has 0 fully saturated rings. The van der Waals surface area contributed by atoms with Gasteiger partial charge in [-0.3, -0.25) is 9.78 Å². The molecule has 37 heavy (non-hydrogen) atoms. The molecule has 6 rings (SSSR count). The number of allylic oxidation sites excluding steroid dienone is 2. The number of hydrogen-bond donors (Lipinski definition) is 1. The van der Waals surface area contributed by atoms with Crippen LogP contribution in [0.5, 0.6) is 0 Å². The molecule has 5 heteroatoms. The third-order valence-corrected chi connectivity index (χ3v) is 7.88. The van der Waals surface area contributed by atoms with Crippen molar-refractivity contribution in [2.75, 3.05) is 0 Å². The Morgan fingerprint density at radius 2 is 1.68 bits per heavy atom. The maximum atomic E-state index is 10.0. The Balaban J connectivity index is 0.000000356. The summed E-state index contributed by atoms with van der Waals surface area (Å²) in [6.07, 6.45) is 1.17. The predicted molar refractivity (Wildman–Crippen MR) is 151 cm³/mol. The molecule has 189 valence electrons. The van der Waals surface area contributed by atoms with Gasteiger partial charge in [0.1, 0.15) is 0 Å². The van der Waals surface area contributed by atoms with E-state index in [2.05, 4.69) is 93.6 Å². The van der Waals surface area contributed by atoms with Crippen molar-refractivity contribution in [1.82, 2.24) is 4.98 Å². The number of nitrogens with zero attached hydrogens (tertiary/aromatic N) is 1. The number of aryl methyl sites for hydroxylation is 1. The first-order valence-electron chi connectivity index (χ1n) is 12.0. The number of thiophene rings is 1. The van der Waals surface area contributed by atoms with Gasteiger partial charge >= 0.3 is 0 Å². The van der Waals surface area contributed by atoms with Gasteiger partial charge in [0.05, 0.1) is 11.3 Å². The second-order valence-electron chi connectivity index (χ2n) is 9.81. The summed E-state index contributed by atoms with van der Waals surface area (Å²) in [5, 5.41) is 11.0. The molecule has 3 aromatic carbocycles. The van der Waals surface area contributed by atoms with Crippen LogP contribution in [-0.4, -0.2) is 15.9 Å². The van der Waals surface area contributed by atoms with Gasteiger partial charge in [0.25, 0.3) is 0 Å². The minimum Gasteiger partial charge on any atom is -0.512 e. The normalized spacial score (nSPS) is 13.4. The van der Waals surface area contributed by atoms with Gasteiger partial charge in [-0.2, -0.15) is 0 Å². The second-order valence-corrected chi connectivity index (χ2v) is 10.9. The van der Waals surface area contributed by atoms with Gasteiger partial charge in [0.15, 0.2) is 5.78 Å². The van der Waals surface area contributed by atoms with Crippen molar-refractivity contribution in [3.8, 4) is 21.7 Å². The molecule has 5 aromatic rings. The van der Waals surface area contributed by atoms with E-state index in [1.807, 2.05) is 11.3 Å². The molecule has 1 aliphatic carbocycles. The van der Waals surface area contributed by atoms with E-state index >= 15 is 0 Å². The van der Waals surface area contributed by atoms with Crippen molar-refractivity contribution < 1.29 is 30.0 Å². The van der Waals surface area contributed by atoms with Crippen LogP contribution in [0.4, 0.5) is 0 Å². The van der Waals surface area contributed by atoms with E-state index in [9.17, 15) is 4.79 Å². The molecule has 1 radical (unpaired) electrons. The number of carbonyl (C=O) groups excluding carboxylic acids is 1. The minimum atomic E-state index is -0.125. The quantitative estimate of drug-likeness (QED) is 0.115. The average molecular weight is 683 g/mol. The molecule has 3 nitrogen and oxygen atoms in total. The summed E-state index contributed by atoms with van der Waals surface area (Å²) < 4.78 is 1.37. The molecule has 1 aliphatic rings. The first-order valence-corrected chi connectivity index (χ1v) is 12.8. The summed E-state index contributed by atoms with van der Waals surface area (Å²) in [6, 6.07) is 27.2. The Morgan fingerprint density at radius 3 is 2.35 bits per heavy atom. The number of fused-ring (bicyclic) bond motifs is 6. The van der Waals surface area contributed by atoms with Gasteiger partial charge in [-0.05, 0) is 60.5 Å². The summed E-state index contributed by atoms with van der Waals surface area (Å²) in [5.74, 6) is -0.0625. The summed E-state index contributed by atoms with van der Waals surface area (Å²) in [6.45, 7) is 9.72. The van der Waals surface area contributed by atoms with Crippen LogP contribution in [0.2, 0.25) is 0 Å². The zero-order valence-electron chi connectivity index (χ0n) is 21.5. The number of benzene rings is 3. The van der Waals surface area contributed by atoms with Gasteiger partial charge in [0, 0.05) is 41.1 Å². The van der Waals surface area contributed by atoms with Gasteiger partial charge in [0.2, 0.25) is 0 Å². The standard InChI is InChI=1S/C27H20NS.C5H8O2.Ir/c1-16-15-22(28-21-13-6-4-9-17(16)21)18-11-8-12-20-24(18)27(2,3)25-19-10-5-7-14-23(19)29-26(20)25;1-4(6)3-5(2)7;/h4-10,12-15H,1-3H3;3,6H,1-2H3;/q-1;;/b;4-3-;. The molecule has 1 N–H and O–H groups in total. The minimum absolute atomic E-state index is 0. The number of aromatic nitrogens is 1. The number of hydrogen-bond acceptors (Lipinski definition) is 4. The van der Waals surface area contributed by atoms with Crippen molar-refractivity contribution in [2.45, 2.75) is 40.0 Å². The van der Waals surface area contributed by atoms with Crippen molar-refractivity contribution in [3.63, 3.8) is 0 Å². The second kappa shape index (κ2) is 10.3. The van der Waals surface area contributed by atoms with Crippen LogP contribution in [0, 0.1) is 13.0 Å². The first kappa shape index (κ1) is 26.9. The van der Waals surface area contributed by atoms with E-state index in [0.29, 0.717) is 0 Å². The number of rotatable bonds is 2. The van der Waals surface area contributed by atoms with Gasteiger partial charge in [-0.25, -0.2) is 0 Å². The maximum absolute atomic E-state index is 10.0. The third-order valence-electron chi connectivity index (χ3n) is 6.68. The molecule has 2 aromatic heterocycles. The van der Waals surface area contributed by atoms with Gasteiger partial charge in [-0.1, -0.05) is 61.9 Å². The van der Waals surface area contributed by atoms with Crippen LogP contribution < -0.4 is 0 Å². The Hall–Kier alpha value is -3.11. The molecule has 0 bridgehead atoms. The van der Waals surface area contributed by atoms with E-state index in [1.54, 1.807) is 0 Å². The van der Waals surface area contributed by atoms with E-state index in [0.717, 1.165) is 16.8 Å². The summed E-state index contributed by atoms with van der Waals surface area (Å²) >= 11 is 1.91. The van der Waals surface area contributed by atoms with Crippen LogP contribution in [0.1, 0.15) is 44.4 Å². The fourth-order valence-electron chi connectivity index (χ4n) is 5.29. The predicted octanol–water partition coefficient (Wildman–Crippen LogP) is 8.57. The third kappa shape index (κ3) is 4.80. The van der Waals surface area contributed by atoms with E-state index in [4.69, 9.17) is 10.1 Å². The molecular weight excluding hydrogens is 655 g/mol. The molecule has 0 amide bonds. The van der Waals surface area contributed by atoms with Crippen molar-refractivity contribution >= 4 is 38.1 Å². The van der Waals surface area contributed by atoms with Crippen molar-refractivity contribution in [3.05, 3.63) is 101 Å². The number of aliphatic hydroxyl groups is 1. The molecule has 0 saturated heterocycles. The summed E-state index contributed by atoms with van der Waals surface area (Å²) in [5.41, 5.74) is 8.52. The van der Waals surface area contributed by atoms with Gasteiger partial charge < -0.3 is 5.11 Å². The Morgan fingerprint density at radius 1 is 1.00 bits per heavy atom.